The van der Waals surface area contributed by atoms with Gasteiger partial charge in [-0.25, -0.2) is 4.98 Å². The van der Waals surface area contributed by atoms with Crippen LogP contribution in [0.4, 0.5) is 5.82 Å². The van der Waals surface area contributed by atoms with Crippen LogP contribution >= 0.6 is 0 Å². The Bertz CT molecular complexity index is 577. The molecule has 0 bridgehead atoms. The molecule has 0 aliphatic carbocycles. The van der Waals surface area contributed by atoms with E-state index in [4.69, 9.17) is 4.52 Å². The summed E-state index contributed by atoms with van der Waals surface area (Å²) in [4.78, 5) is 3.74. The Labute approximate surface area is 92.3 Å². The lowest BCUT2D eigenvalue weighted by atomic mass is 10.5. The van der Waals surface area contributed by atoms with Gasteiger partial charge in [0.15, 0.2) is 10.8 Å². The monoisotopic (exact) mass is 239 g/mol. The van der Waals surface area contributed by atoms with Crippen LogP contribution in [0.3, 0.4) is 0 Å². The van der Waals surface area contributed by atoms with E-state index in [1.165, 1.54) is 18.3 Å². The quantitative estimate of drug-likeness (QED) is 0.869. The minimum Gasteiger partial charge on any atom is -0.360 e. The molecule has 2 rings (SSSR count). The molecule has 2 aromatic rings. The van der Waals surface area contributed by atoms with Crippen molar-refractivity contribution in [1.29, 1.82) is 0 Å². The van der Waals surface area contributed by atoms with E-state index < -0.39 is 10.0 Å². The summed E-state index contributed by atoms with van der Waals surface area (Å²) in [5.74, 6) is 0.668. The van der Waals surface area contributed by atoms with Crippen molar-refractivity contribution in [1.82, 2.24) is 10.1 Å². The molecule has 2 aromatic heterocycles. The van der Waals surface area contributed by atoms with Gasteiger partial charge in [-0.1, -0.05) is 11.2 Å². The molecule has 2 heterocycles. The topological polar surface area (TPSA) is 85.1 Å². The number of aromatic nitrogens is 2. The minimum atomic E-state index is -3.68. The second-order valence-corrected chi connectivity index (χ2v) is 4.73. The first-order valence-electron chi connectivity index (χ1n) is 4.45. The number of anilines is 1. The summed E-state index contributed by atoms with van der Waals surface area (Å²) in [5, 5.41) is 3.47. The standard InChI is InChI=1S/C9H9N3O3S/c1-7-6-8(11-15-7)12-16(13,14)9-4-2-3-5-10-9/h2-6H,1H3,(H,11,12). The molecule has 0 aliphatic heterocycles. The SMILES string of the molecule is Cc1cc(NS(=O)(=O)c2ccccn2)no1. The third kappa shape index (κ3) is 2.19. The molecule has 0 spiro atoms. The number of nitrogens with one attached hydrogen (secondary N) is 1. The maximum atomic E-state index is 11.8. The number of pyridine rings is 1. The van der Waals surface area contributed by atoms with E-state index in [-0.39, 0.29) is 10.8 Å². The van der Waals surface area contributed by atoms with E-state index in [1.54, 1.807) is 19.1 Å². The second kappa shape index (κ2) is 3.93. The summed E-state index contributed by atoms with van der Waals surface area (Å²) in [6, 6.07) is 6.12. The van der Waals surface area contributed by atoms with Crippen LogP contribution in [0.2, 0.25) is 0 Å². The van der Waals surface area contributed by atoms with Gasteiger partial charge in [0, 0.05) is 12.3 Å². The van der Waals surface area contributed by atoms with Gasteiger partial charge in [0.05, 0.1) is 0 Å². The third-order valence-corrected chi connectivity index (χ3v) is 3.05. The van der Waals surface area contributed by atoms with Crippen LogP contribution in [0.25, 0.3) is 0 Å². The van der Waals surface area contributed by atoms with Crippen LogP contribution in [-0.2, 0) is 10.0 Å². The average molecular weight is 239 g/mol. The third-order valence-electron chi connectivity index (χ3n) is 1.78. The number of sulfonamides is 1. The van der Waals surface area contributed by atoms with Crippen molar-refractivity contribution in [3.63, 3.8) is 0 Å². The molecule has 0 saturated carbocycles. The van der Waals surface area contributed by atoms with Gasteiger partial charge >= 0.3 is 0 Å². The Hall–Kier alpha value is -1.89. The minimum absolute atomic E-state index is 0.0596. The predicted octanol–water partition coefficient (Wildman–Crippen LogP) is 1.18. The summed E-state index contributed by atoms with van der Waals surface area (Å²) in [6.07, 6.45) is 1.41. The van der Waals surface area contributed by atoms with Gasteiger partial charge in [0.1, 0.15) is 5.76 Å². The zero-order chi connectivity index (χ0) is 11.6. The smallest absolute Gasteiger partial charge is 0.280 e. The second-order valence-electron chi connectivity index (χ2n) is 3.10. The largest absolute Gasteiger partial charge is 0.360 e. The number of nitrogens with zero attached hydrogens (tertiary/aromatic N) is 2. The highest BCUT2D eigenvalue weighted by Gasteiger charge is 2.16. The van der Waals surface area contributed by atoms with Crippen molar-refractivity contribution >= 4 is 15.8 Å². The molecular formula is C9H9N3O3S. The molecular weight excluding hydrogens is 230 g/mol. The maximum absolute atomic E-state index is 11.8. The average Bonchev–Trinajstić information content (AvgIpc) is 2.64. The van der Waals surface area contributed by atoms with Gasteiger partial charge in [-0.05, 0) is 19.1 Å². The van der Waals surface area contributed by atoms with Crippen molar-refractivity contribution in [3.8, 4) is 0 Å². The molecule has 0 fully saturated rings. The fraction of sp³-hybridized carbons (Fsp3) is 0.111. The van der Waals surface area contributed by atoms with Crippen molar-refractivity contribution in [2.75, 3.05) is 4.72 Å². The Morgan fingerprint density at radius 1 is 1.38 bits per heavy atom. The van der Waals surface area contributed by atoms with Crippen molar-refractivity contribution in [2.24, 2.45) is 0 Å². The molecule has 1 N–H and O–H groups in total. The summed E-state index contributed by atoms with van der Waals surface area (Å²) in [5.41, 5.74) is 0. The number of hydrogen-bond donors (Lipinski definition) is 1. The van der Waals surface area contributed by atoms with E-state index in [0.717, 1.165) is 0 Å². The summed E-state index contributed by atoms with van der Waals surface area (Å²) in [6.45, 7) is 1.67. The number of hydrogen-bond acceptors (Lipinski definition) is 5. The van der Waals surface area contributed by atoms with E-state index in [2.05, 4.69) is 14.9 Å². The van der Waals surface area contributed by atoms with Crippen molar-refractivity contribution in [2.45, 2.75) is 11.9 Å². The van der Waals surface area contributed by atoms with Gasteiger partial charge in [0.2, 0.25) is 0 Å². The fourth-order valence-corrected chi connectivity index (χ4v) is 2.04. The van der Waals surface area contributed by atoms with Gasteiger partial charge in [-0.15, -0.1) is 0 Å². The van der Waals surface area contributed by atoms with Crippen LogP contribution in [0.15, 0.2) is 40.0 Å². The highest BCUT2D eigenvalue weighted by molar-refractivity contribution is 7.92. The van der Waals surface area contributed by atoms with Crippen LogP contribution in [0.1, 0.15) is 5.76 Å². The van der Waals surface area contributed by atoms with Gasteiger partial charge < -0.3 is 4.52 Å². The molecule has 84 valence electrons. The van der Waals surface area contributed by atoms with E-state index in [9.17, 15) is 8.42 Å². The first-order chi connectivity index (χ1) is 7.58. The summed E-state index contributed by atoms with van der Waals surface area (Å²) in [7, 11) is -3.68. The van der Waals surface area contributed by atoms with Crippen molar-refractivity contribution < 1.29 is 12.9 Å². The zero-order valence-electron chi connectivity index (χ0n) is 8.41. The van der Waals surface area contributed by atoms with Crippen LogP contribution in [0.5, 0.6) is 0 Å². The van der Waals surface area contributed by atoms with E-state index >= 15 is 0 Å². The predicted molar refractivity (Wildman–Crippen MR) is 56.3 cm³/mol. The van der Waals surface area contributed by atoms with Gasteiger partial charge in [-0.2, -0.15) is 8.42 Å². The Balaban J connectivity index is 2.28. The molecule has 0 amide bonds. The highest BCUT2D eigenvalue weighted by atomic mass is 32.2. The summed E-state index contributed by atoms with van der Waals surface area (Å²) >= 11 is 0. The molecule has 6 nitrogen and oxygen atoms in total. The first kappa shape index (κ1) is 10.6. The van der Waals surface area contributed by atoms with Crippen LogP contribution < -0.4 is 4.72 Å². The molecule has 0 aliphatic rings. The summed E-state index contributed by atoms with van der Waals surface area (Å²) < 4.78 is 30.5. The lowest BCUT2D eigenvalue weighted by Crippen LogP contribution is -2.14. The number of aryl methyl sites for hydroxylation is 1. The lowest BCUT2D eigenvalue weighted by Gasteiger charge is -2.02. The molecule has 16 heavy (non-hydrogen) atoms. The van der Waals surface area contributed by atoms with Gasteiger partial charge in [0.25, 0.3) is 10.0 Å². The molecule has 0 aromatic carbocycles. The van der Waals surface area contributed by atoms with Crippen molar-refractivity contribution in [3.05, 3.63) is 36.2 Å². The zero-order valence-corrected chi connectivity index (χ0v) is 9.23. The van der Waals surface area contributed by atoms with Crippen LogP contribution in [0, 0.1) is 6.92 Å². The normalized spacial score (nSPS) is 11.3. The lowest BCUT2D eigenvalue weighted by molar-refractivity contribution is 0.400. The highest BCUT2D eigenvalue weighted by Crippen LogP contribution is 2.13. The van der Waals surface area contributed by atoms with Gasteiger partial charge in [-0.3, -0.25) is 4.72 Å². The molecule has 0 saturated heterocycles. The first-order valence-corrected chi connectivity index (χ1v) is 5.93. The van der Waals surface area contributed by atoms with Crippen LogP contribution in [-0.4, -0.2) is 18.6 Å². The fourth-order valence-electron chi connectivity index (χ4n) is 1.11. The maximum Gasteiger partial charge on any atom is 0.280 e. The Morgan fingerprint density at radius 2 is 2.19 bits per heavy atom. The Morgan fingerprint density at radius 3 is 2.75 bits per heavy atom. The molecule has 0 radical (unpaired) electrons. The van der Waals surface area contributed by atoms with E-state index in [1.807, 2.05) is 0 Å². The number of rotatable bonds is 3. The van der Waals surface area contributed by atoms with E-state index in [0.29, 0.717) is 5.76 Å². The molecule has 0 atom stereocenters. The Kier molecular flexibility index (Phi) is 2.61. The molecule has 7 heteroatoms. The molecule has 0 unspecified atom stereocenters.